The van der Waals surface area contributed by atoms with E-state index in [4.69, 9.17) is 11.6 Å². The second kappa shape index (κ2) is 7.02. The first-order chi connectivity index (χ1) is 9.60. The molecule has 0 bridgehead atoms. The number of halogens is 2. The molecular weight excluding hydrogens is 281 g/mol. The van der Waals surface area contributed by atoms with Gasteiger partial charge in [-0.2, -0.15) is 0 Å². The van der Waals surface area contributed by atoms with Gasteiger partial charge in [-0.3, -0.25) is 9.69 Å². The lowest BCUT2D eigenvalue weighted by Gasteiger charge is -2.35. The number of piperazine rings is 1. The van der Waals surface area contributed by atoms with Gasteiger partial charge < -0.3 is 10.6 Å². The van der Waals surface area contributed by atoms with Gasteiger partial charge in [0.05, 0.1) is 0 Å². The smallest absolute Gasteiger partial charge is 0.238 e. The molecule has 0 aromatic heterocycles. The number of likely N-dealkylation sites (N-methyl/N-ethyl adjacent to an activating group) is 1. The zero-order chi connectivity index (χ0) is 14.5. The van der Waals surface area contributed by atoms with E-state index >= 15 is 0 Å². The van der Waals surface area contributed by atoms with Crippen LogP contribution in [-0.2, 0) is 11.3 Å². The first-order valence-corrected chi connectivity index (χ1v) is 7.15. The minimum absolute atomic E-state index is 0.00204. The molecule has 0 radical (unpaired) electrons. The van der Waals surface area contributed by atoms with Crippen molar-refractivity contribution in [1.29, 1.82) is 0 Å². The molecule has 1 fully saturated rings. The van der Waals surface area contributed by atoms with Crippen molar-refractivity contribution in [3.63, 3.8) is 0 Å². The van der Waals surface area contributed by atoms with Gasteiger partial charge in [0.1, 0.15) is 11.9 Å². The maximum Gasteiger partial charge on any atom is 0.238 e. The van der Waals surface area contributed by atoms with E-state index in [9.17, 15) is 9.18 Å². The van der Waals surface area contributed by atoms with Gasteiger partial charge in [0.25, 0.3) is 0 Å². The molecule has 1 aliphatic rings. The van der Waals surface area contributed by atoms with Crippen molar-refractivity contribution in [2.24, 2.45) is 0 Å². The Labute approximate surface area is 123 Å². The van der Waals surface area contributed by atoms with E-state index < -0.39 is 0 Å². The number of carbonyl (C=O) groups is 1. The van der Waals surface area contributed by atoms with Crippen molar-refractivity contribution in [2.45, 2.75) is 19.5 Å². The molecule has 1 unspecified atom stereocenters. The highest BCUT2D eigenvalue weighted by atomic mass is 35.5. The van der Waals surface area contributed by atoms with Crippen molar-refractivity contribution in [3.05, 3.63) is 34.6 Å². The predicted octanol–water partition coefficient (Wildman–Crippen LogP) is 1.39. The number of hydrogen-bond donors (Lipinski definition) is 2. The van der Waals surface area contributed by atoms with Gasteiger partial charge in [-0.05, 0) is 30.7 Å². The molecule has 0 aliphatic carbocycles. The van der Waals surface area contributed by atoms with Crippen molar-refractivity contribution >= 4 is 17.5 Å². The Bertz CT molecular complexity index is 463. The number of rotatable bonds is 4. The topological polar surface area (TPSA) is 44.4 Å². The summed E-state index contributed by atoms with van der Waals surface area (Å²) in [5.74, 6) is -0.348. The highest BCUT2D eigenvalue weighted by Crippen LogP contribution is 2.17. The molecule has 1 heterocycles. The van der Waals surface area contributed by atoms with Gasteiger partial charge in [0.15, 0.2) is 0 Å². The zero-order valence-corrected chi connectivity index (χ0v) is 12.2. The first-order valence-electron chi connectivity index (χ1n) is 6.77. The largest absolute Gasteiger partial charge is 0.355 e. The van der Waals surface area contributed by atoms with Crippen molar-refractivity contribution < 1.29 is 9.18 Å². The van der Waals surface area contributed by atoms with E-state index in [1.165, 1.54) is 12.1 Å². The Hall–Kier alpha value is -1.17. The van der Waals surface area contributed by atoms with Crippen LogP contribution in [-0.4, -0.2) is 43.0 Å². The molecule has 2 N–H and O–H groups in total. The lowest BCUT2D eigenvalue weighted by molar-refractivity contribution is -0.127. The monoisotopic (exact) mass is 299 g/mol. The Morgan fingerprint density at radius 1 is 1.55 bits per heavy atom. The van der Waals surface area contributed by atoms with Crippen molar-refractivity contribution in [3.8, 4) is 0 Å². The van der Waals surface area contributed by atoms with Crippen LogP contribution >= 0.6 is 11.6 Å². The van der Waals surface area contributed by atoms with Crippen molar-refractivity contribution in [1.82, 2.24) is 15.5 Å². The fourth-order valence-corrected chi connectivity index (χ4v) is 2.67. The maximum atomic E-state index is 13.4. The summed E-state index contributed by atoms with van der Waals surface area (Å²) in [7, 11) is 0. The summed E-state index contributed by atoms with van der Waals surface area (Å²) in [6, 6.07) is 4.25. The molecule has 4 nitrogen and oxygen atoms in total. The van der Waals surface area contributed by atoms with E-state index in [-0.39, 0.29) is 17.8 Å². The fourth-order valence-electron chi connectivity index (χ4n) is 2.42. The molecule has 1 saturated heterocycles. The normalized spacial score (nSPS) is 19.9. The van der Waals surface area contributed by atoms with Gasteiger partial charge in [-0.25, -0.2) is 4.39 Å². The molecule has 1 amide bonds. The molecule has 110 valence electrons. The second-order valence-electron chi connectivity index (χ2n) is 4.86. The first kappa shape index (κ1) is 15.2. The number of nitrogens with zero attached hydrogens (tertiary/aromatic N) is 1. The number of benzene rings is 1. The Morgan fingerprint density at radius 3 is 3.05 bits per heavy atom. The summed E-state index contributed by atoms with van der Waals surface area (Å²) in [6.45, 7) is 5.19. The molecule has 1 atom stereocenters. The van der Waals surface area contributed by atoms with Gasteiger partial charge >= 0.3 is 0 Å². The van der Waals surface area contributed by atoms with Crippen LogP contribution in [0.1, 0.15) is 12.5 Å². The summed E-state index contributed by atoms with van der Waals surface area (Å²) in [5.41, 5.74) is 0.784. The van der Waals surface area contributed by atoms with Crippen LogP contribution in [0.4, 0.5) is 4.39 Å². The number of hydrogen-bond acceptors (Lipinski definition) is 3. The Kier molecular flexibility index (Phi) is 5.34. The van der Waals surface area contributed by atoms with E-state index in [1.54, 1.807) is 6.07 Å². The van der Waals surface area contributed by atoms with E-state index in [0.29, 0.717) is 24.7 Å². The van der Waals surface area contributed by atoms with E-state index in [2.05, 4.69) is 10.6 Å². The molecule has 2 rings (SSSR count). The zero-order valence-electron chi connectivity index (χ0n) is 11.5. The van der Waals surface area contributed by atoms with Crippen LogP contribution in [0.5, 0.6) is 0 Å². The highest BCUT2D eigenvalue weighted by molar-refractivity contribution is 6.30. The summed E-state index contributed by atoms with van der Waals surface area (Å²) in [5, 5.41) is 6.42. The third kappa shape index (κ3) is 3.91. The Balaban J connectivity index is 2.10. The number of carbonyl (C=O) groups excluding carboxylic acids is 1. The number of nitrogens with one attached hydrogen (secondary N) is 2. The SMILES string of the molecule is CCNC(=O)C1CNCCN1Cc1cc(F)cc(Cl)c1. The molecule has 0 spiro atoms. The minimum atomic E-state index is -0.350. The summed E-state index contributed by atoms with van der Waals surface area (Å²) < 4.78 is 13.4. The highest BCUT2D eigenvalue weighted by Gasteiger charge is 2.28. The number of amides is 1. The van der Waals surface area contributed by atoms with Crippen molar-refractivity contribution in [2.75, 3.05) is 26.2 Å². The summed E-state index contributed by atoms with van der Waals surface area (Å²) >= 11 is 5.87. The molecule has 1 aromatic carbocycles. The third-order valence-corrected chi connectivity index (χ3v) is 3.53. The molecule has 6 heteroatoms. The lowest BCUT2D eigenvalue weighted by atomic mass is 10.1. The van der Waals surface area contributed by atoms with Gasteiger partial charge in [-0.1, -0.05) is 11.6 Å². The van der Waals surface area contributed by atoms with Crippen LogP contribution in [0.2, 0.25) is 5.02 Å². The average molecular weight is 300 g/mol. The van der Waals surface area contributed by atoms with Crippen LogP contribution in [0.15, 0.2) is 18.2 Å². The second-order valence-corrected chi connectivity index (χ2v) is 5.30. The average Bonchev–Trinajstić information content (AvgIpc) is 2.38. The van der Waals surface area contributed by atoms with Crippen LogP contribution in [0.25, 0.3) is 0 Å². The summed E-state index contributed by atoms with van der Waals surface area (Å²) in [4.78, 5) is 14.1. The predicted molar refractivity (Wildman–Crippen MR) is 77.2 cm³/mol. The van der Waals surface area contributed by atoms with E-state index in [1.807, 2.05) is 11.8 Å². The Morgan fingerprint density at radius 2 is 2.35 bits per heavy atom. The summed E-state index contributed by atoms with van der Waals surface area (Å²) in [6.07, 6.45) is 0. The minimum Gasteiger partial charge on any atom is -0.355 e. The molecule has 1 aromatic rings. The molecular formula is C14H19ClFN3O. The maximum absolute atomic E-state index is 13.4. The molecule has 0 saturated carbocycles. The fraction of sp³-hybridized carbons (Fsp3) is 0.500. The van der Waals surface area contributed by atoms with Gasteiger partial charge in [-0.15, -0.1) is 0 Å². The van der Waals surface area contributed by atoms with E-state index in [0.717, 1.165) is 18.7 Å². The quantitative estimate of drug-likeness (QED) is 0.883. The molecule has 1 aliphatic heterocycles. The lowest BCUT2D eigenvalue weighted by Crippen LogP contribution is -2.57. The van der Waals surface area contributed by atoms with Crippen LogP contribution in [0.3, 0.4) is 0 Å². The third-order valence-electron chi connectivity index (χ3n) is 3.32. The van der Waals surface area contributed by atoms with Gasteiger partial charge in [0.2, 0.25) is 5.91 Å². The molecule has 20 heavy (non-hydrogen) atoms. The standard InChI is InChI=1S/C14H19ClFN3O/c1-2-18-14(20)13-8-17-3-4-19(13)9-10-5-11(15)7-12(16)6-10/h5-7,13,17H,2-4,8-9H2,1H3,(H,18,20). The van der Waals surface area contributed by atoms with Crippen LogP contribution < -0.4 is 10.6 Å². The van der Waals surface area contributed by atoms with Gasteiger partial charge in [0, 0.05) is 37.7 Å². The van der Waals surface area contributed by atoms with Crippen LogP contribution in [0, 0.1) is 5.82 Å².